The molecule has 0 spiro atoms. The molecule has 1 aliphatic rings. The molecule has 1 amide bonds. The summed E-state index contributed by atoms with van der Waals surface area (Å²) >= 11 is 0. The van der Waals surface area contributed by atoms with E-state index >= 15 is 0 Å². The number of ether oxygens (including phenoxy) is 1. The molecule has 3 rings (SSSR count). The lowest BCUT2D eigenvalue weighted by molar-refractivity contribution is -0.0404. The molecule has 2 aromatic rings. The smallest absolute Gasteiger partial charge is 0.248 e. The van der Waals surface area contributed by atoms with Crippen LogP contribution in [0, 0.1) is 13.8 Å². The number of aryl methyl sites for hydroxylation is 2. The molecule has 0 aliphatic carbocycles. The van der Waals surface area contributed by atoms with E-state index < -0.39 is 5.91 Å². The van der Waals surface area contributed by atoms with Crippen LogP contribution in [0.25, 0.3) is 0 Å². The normalized spacial score (nSPS) is 18.7. The number of morpholine rings is 1. The fourth-order valence-electron chi connectivity index (χ4n) is 3.12. The fraction of sp³-hybridized carbons (Fsp3) is 0.444. The van der Waals surface area contributed by atoms with Gasteiger partial charge in [-0.05, 0) is 37.6 Å². The summed E-state index contributed by atoms with van der Waals surface area (Å²) < 4.78 is 7.92. The van der Waals surface area contributed by atoms with Crippen LogP contribution in [-0.4, -0.2) is 46.4 Å². The Balaban J connectivity index is 1.59. The van der Waals surface area contributed by atoms with Crippen molar-refractivity contribution >= 4 is 5.91 Å². The maximum absolute atomic E-state index is 11.1. The van der Waals surface area contributed by atoms with Gasteiger partial charge in [0.25, 0.3) is 0 Å². The van der Waals surface area contributed by atoms with Crippen molar-refractivity contribution in [3.8, 4) is 0 Å². The zero-order valence-electron chi connectivity index (χ0n) is 14.2. The highest BCUT2D eigenvalue weighted by Crippen LogP contribution is 2.14. The van der Waals surface area contributed by atoms with Gasteiger partial charge in [-0.2, -0.15) is 5.10 Å². The van der Waals surface area contributed by atoms with Gasteiger partial charge in [0, 0.05) is 30.9 Å². The van der Waals surface area contributed by atoms with E-state index in [1.807, 2.05) is 23.7 Å². The maximum atomic E-state index is 11.1. The summed E-state index contributed by atoms with van der Waals surface area (Å²) in [6.45, 7) is 8.20. The number of primary amides is 1. The maximum Gasteiger partial charge on any atom is 0.248 e. The first-order chi connectivity index (χ1) is 11.5. The van der Waals surface area contributed by atoms with Crippen LogP contribution in [0.2, 0.25) is 0 Å². The number of benzene rings is 1. The molecule has 6 heteroatoms. The molecule has 0 bridgehead atoms. The third-order valence-corrected chi connectivity index (χ3v) is 4.35. The van der Waals surface area contributed by atoms with Crippen LogP contribution in [-0.2, 0) is 17.8 Å². The summed E-state index contributed by atoms with van der Waals surface area (Å²) in [5, 5.41) is 4.51. The molecule has 128 valence electrons. The van der Waals surface area contributed by atoms with Gasteiger partial charge < -0.3 is 10.5 Å². The van der Waals surface area contributed by atoms with E-state index in [1.54, 1.807) is 12.1 Å². The lowest BCUT2D eigenvalue weighted by atomic mass is 10.1. The third-order valence-electron chi connectivity index (χ3n) is 4.35. The number of nitrogens with zero attached hydrogens (tertiary/aromatic N) is 3. The molecule has 1 aliphatic heterocycles. The lowest BCUT2D eigenvalue weighted by Crippen LogP contribution is -2.43. The molecular weight excluding hydrogens is 304 g/mol. The lowest BCUT2D eigenvalue weighted by Gasteiger charge is -2.33. The Morgan fingerprint density at radius 2 is 2.08 bits per heavy atom. The number of carbonyl (C=O) groups is 1. The standard InChI is InChI=1S/C18H24N4O2/c1-13-9-14(2)22(20-13)12-17-11-21(7-8-24-17)10-15-3-5-16(6-4-15)18(19)23/h3-6,9,17H,7-8,10-12H2,1-2H3,(H2,19,23)/t17-/m1/s1. The van der Waals surface area contributed by atoms with Gasteiger partial charge in [0.05, 0.1) is 24.9 Å². The van der Waals surface area contributed by atoms with Crippen molar-refractivity contribution in [3.05, 3.63) is 52.8 Å². The molecule has 0 unspecified atom stereocenters. The molecule has 1 aromatic heterocycles. The Labute approximate surface area is 142 Å². The van der Waals surface area contributed by atoms with E-state index in [-0.39, 0.29) is 6.10 Å². The minimum absolute atomic E-state index is 0.140. The van der Waals surface area contributed by atoms with Crippen LogP contribution in [0.3, 0.4) is 0 Å². The summed E-state index contributed by atoms with van der Waals surface area (Å²) in [5.74, 6) is -0.391. The molecule has 2 heterocycles. The quantitative estimate of drug-likeness (QED) is 0.903. The van der Waals surface area contributed by atoms with Crippen molar-refractivity contribution in [2.24, 2.45) is 5.73 Å². The van der Waals surface area contributed by atoms with Gasteiger partial charge in [-0.15, -0.1) is 0 Å². The molecule has 1 atom stereocenters. The van der Waals surface area contributed by atoms with Crippen molar-refractivity contribution in [1.82, 2.24) is 14.7 Å². The Morgan fingerprint density at radius 1 is 1.33 bits per heavy atom. The number of aromatic nitrogens is 2. The first-order valence-corrected chi connectivity index (χ1v) is 8.25. The Kier molecular flexibility index (Phi) is 4.97. The number of carbonyl (C=O) groups excluding carboxylic acids is 1. The van der Waals surface area contributed by atoms with Gasteiger partial charge in [0.2, 0.25) is 5.91 Å². The highest BCUT2D eigenvalue weighted by Gasteiger charge is 2.21. The van der Waals surface area contributed by atoms with E-state index in [2.05, 4.69) is 23.0 Å². The SMILES string of the molecule is Cc1cc(C)n(C[C@H]2CN(Cc3ccc(C(N)=O)cc3)CCO2)n1. The first kappa shape index (κ1) is 16.7. The van der Waals surface area contributed by atoms with Crippen molar-refractivity contribution in [2.45, 2.75) is 33.0 Å². The van der Waals surface area contributed by atoms with Crippen molar-refractivity contribution < 1.29 is 9.53 Å². The summed E-state index contributed by atoms with van der Waals surface area (Å²) in [6, 6.07) is 9.58. The average Bonchev–Trinajstić information content (AvgIpc) is 2.86. The minimum atomic E-state index is -0.391. The Hall–Kier alpha value is -2.18. The van der Waals surface area contributed by atoms with Gasteiger partial charge in [-0.3, -0.25) is 14.4 Å². The van der Waals surface area contributed by atoms with Crippen LogP contribution >= 0.6 is 0 Å². The number of amides is 1. The topological polar surface area (TPSA) is 73.4 Å². The third kappa shape index (κ3) is 4.01. The van der Waals surface area contributed by atoms with Gasteiger partial charge in [-0.1, -0.05) is 12.1 Å². The highest BCUT2D eigenvalue weighted by atomic mass is 16.5. The average molecular weight is 328 g/mol. The van der Waals surface area contributed by atoms with E-state index in [0.717, 1.165) is 44.2 Å². The van der Waals surface area contributed by atoms with E-state index in [1.165, 1.54) is 5.56 Å². The molecule has 0 saturated carbocycles. The van der Waals surface area contributed by atoms with Gasteiger partial charge in [0.15, 0.2) is 0 Å². The van der Waals surface area contributed by atoms with Crippen LogP contribution in [0.15, 0.2) is 30.3 Å². The number of rotatable bonds is 5. The highest BCUT2D eigenvalue weighted by molar-refractivity contribution is 5.92. The number of nitrogens with two attached hydrogens (primary N) is 1. The number of hydrogen-bond acceptors (Lipinski definition) is 4. The zero-order valence-corrected chi connectivity index (χ0v) is 14.2. The summed E-state index contributed by atoms with van der Waals surface area (Å²) in [7, 11) is 0. The molecule has 6 nitrogen and oxygen atoms in total. The predicted molar refractivity (Wildman–Crippen MR) is 91.7 cm³/mol. The monoisotopic (exact) mass is 328 g/mol. The van der Waals surface area contributed by atoms with Crippen molar-refractivity contribution in [1.29, 1.82) is 0 Å². The van der Waals surface area contributed by atoms with Crippen molar-refractivity contribution in [2.75, 3.05) is 19.7 Å². The molecule has 2 N–H and O–H groups in total. The fourth-order valence-corrected chi connectivity index (χ4v) is 3.12. The second-order valence-corrected chi connectivity index (χ2v) is 6.40. The van der Waals surface area contributed by atoms with Gasteiger partial charge in [0.1, 0.15) is 0 Å². The van der Waals surface area contributed by atoms with E-state index in [0.29, 0.717) is 5.56 Å². The summed E-state index contributed by atoms with van der Waals surface area (Å²) in [5.41, 5.74) is 9.20. The van der Waals surface area contributed by atoms with E-state index in [4.69, 9.17) is 10.5 Å². The summed E-state index contributed by atoms with van der Waals surface area (Å²) in [4.78, 5) is 13.5. The molecule has 1 saturated heterocycles. The van der Waals surface area contributed by atoms with Gasteiger partial charge >= 0.3 is 0 Å². The molecular formula is C18H24N4O2. The molecule has 1 aromatic carbocycles. The minimum Gasteiger partial charge on any atom is -0.374 e. The molecule has 0 radical (unpaired) electrons. The molecule has 1 fully saturated rings. The predicted octanol–water partition coefficient (Wildman–Crippen LogP) is 1.50. The van der Waals surface area contributed by atoms with E-state index in [9.17, 15) is 4.79 Å². The second kappa shape index (κ2) is 7.15. The number of hydrogen-bond donors (Lipinski definition) is 1. The van der Waals surface area contributed by atoms with Crippen LogP contribution < -0.4 is 5.73 Å². The zero-order chi connectivity index (χ0) is 17.1. The largest absolute Gasteiger partial charge is 0.374 e. The van der Waals surface area contributed by atoms with Crippen LogP contribution in [0.4, 0.5) is 0 Å². The van der Waals surface area contributed by atoms with Crippen molar-refractivity contribution in [3.63, 3.8) is 0 Å². The molecule has 24 heavy (non-hydrogen) atoms. The first-order valence-electron chi connectivity index (χ1n) is 8.25. The Bertz CT molecular complexity index is 708. The van der Waals surface area contributed by atoms with Crippen LogP contribution in [0.1, 0.15) is 27.3 Å². The Morgan fingerprint density at radius 3 is 2.71 bits per heavy atom. The summed E-state index contributed by atoms with van der Waals surface area (Å²) in [6.07, 6.45) is 0.140. The van der Waals surface area contributed by atoms with Gasteiger partial charge in [-0.25, -0.2) is 0 Å². The van der Waals surface area contributed by atoms with Crippen LogP contribution in [0.5, 0.6) is 0 Å². The second-order valence-electron chi connectivity index (χ2n) is 6.40.